The maximum atomic E-state index is 13.1. The Kier molecular flexibility index (Phi) is 3.81. The Hall–Kier alpha value is -1.41. The molecule has 0 saturated heterocycles. The molecule has 5 heteroatoms. The van der Waals surface area contributed by atoms with Crippen molar-refractivity contribution in [2.75, 3.05) is 6.61 Å². The number of halogens is 2. The average Bonchev–Trinajstić information content (AvgIpc) is 2.18. The molecule has 0 radical (unpaired) electrons. The second-order valence-electron chi connectivity index (χ2n) is 2.62. The summed E-state index contributed by atoms with van der Waals surface area (Å²) in [6, 6.07) is 4.01. The molecule has 1 rings (SSSR count). The first-order valence-electron chi connectivity index (χ1n) is 4.17. The van der Waals surface area contributed by atoms with Gasteiger partial charge in [-0.1, -0.05) is 0 Å². The van der Waals surface area contributed by atoms with Crippen LogP contribution < -0.4 is 0 Å². The zero-order valence-electron chi connectivity index (χ0n) is 7.88. The standard InChI is InChI=1S/C10H7BrFNO2/c1-2-15-10(14)6-3-4-8(12)7(5-13)9(6)11/h3-4H,2H2,1H3. The van der Waals surface area contributed by atoms with E-state index in [2.05, 4.69) is 15.9 Å². The van der Waals surface area contributed by atoms with E-state index in [-0.39, 0.29) is 22.2 Å². The molecule has 1 aromatic rings. The number of nitrogens with zero attached hydrogens (tertiary/aromatic N) is 1. The van der Waals surface area contributed by atoms with Crippen molar-refractivity contribution in [2.45, 2.75) is 6.92 Å². The molecule has 0 heterocycles. The van der Waals surface area contributed by atoms with Gasteiger partial charge in [0.1, 0.15) is 17.4 Å². The molecule has 0 aliphatic carbocycles. The van der Waals surface area contributed by atoms with Gasteiger partial charge in [-0.05, 0) is 35.0 Å². The number of carbonyl (C=O) groups excluding carboxylic acids is 1. The van der Waals surface area contributed by atoms with Crippen molar-refractivity contribution in [3.05, 3.63) is 33.5 Å². The van der Waals surface area contributed by atoms with E-state index in [1.54, 1.807) is 13.0 Å². The summed E-state index contributed by atoms with van der Waals surface area (Å²) in [5, 5.41) is 8.66. The van der Waals surface area contributed by atoms with Crippen LogP contribution in [0.4, 0.5) is 4.39 Å². The van der Waals surface area contributed by atoms with Crippen molar-refractivity contribution in [1.29, 1.82) is 5.26 Å². The van der Waals surface area contributed by atoms with Gasteiger partial charge in [0.25, 0.3) is 0 Å². The number of benzene rings is 1. The summed E-state index contributed by atoms with van der Waals surface area (Å²) in [5.74, 6) is -1.25. The summed E-state index contributed by atoms with van der Waals surface area (Å²) in [4.78, 5) is 11.4. The maximum absolute atomic E-state index is 13.1. The van der Waals surface area contributed by atoms with Gasteiger partial charge in [-0.15, -0.1) is 0 Å². The molecule has 78 valence electrons. The lowest BCUT2D eigenvalue weighted by molar-refractivity contribution is 0.0525. The van der Waals surface area contributed by atoms with Crippen LogP contribution in [0, 0.1) is 17.1 Å². The monoisotopic (exact) mass is 271 g/mol. The van der Waals surface area contributed by atoms with Crippen molar-refractivity contribution in [3.8, 4) is 6.07 Å². The number of esters is 1. The summed E-state index contributed by atoms with van der Waals surface area (Å²) in [6.45, 7) is 1.89. The van der Waals surface area contributed by atoms with E-state index in [1.807, 2.05) is 0 Å². The highest BCUT2D eigenvalue weighted by atomic mass is 79.9. The van der Waals surface area contributed by atoms with Gasteiger partial charge in [-0.25, -0.2) is 9.18 Å². The number of hydrogen-bond donors (Lipinski definition) is 0. The molecule has 0 N–H and O–H groups in total. The third kappa shape index (κ3) is 2.34. The van der Waals surface area contributed by atoms with E-state index in [9.17, 15) is 9.18 Å². The van der Waals surface area contributed by atoms with Gasteiger partial charge in [-0.3, -0.25) is 0 Å². The fourth-order valence-corrected chi connectivity index (χ4v) is 1.59. The highest BCUT2D eigenvalue weighted by Crippen LogP contribution is 2.24. The molecular weight excluding hydrogens is 265 g/mol. The van der Waals surface area contributed by atoms with E-state index >= 15 is 0 Å². The molecule has 0 aliphatic heterocycles. The highest BCUT2D eigenvalue weighted by Gasteiger charge is 2.16. The van der Waals surface area contributed by atoms with Crippen LogP contribution in [0.25, 0.3) is 0 Å². The van der Waals surface area contributed by atoms with Crippen molar-refractivity contribution >= 4 is 21.9 Å². The molecule has 0 unspecified atom stereocenters. The smallest absolute Gasteiger partial charge is 0.339 e. The van der Waals surface area contributed by atoms with Gasteiger partial charge in [0.2, 0.25) is 0 Å². The maximum Gasteiger partial charge on any atom is 0.339 e. The quantitative estimate of drug-likeness (QED) is 0.777. The highest BCUT2D eigenvalue weighted by molar-refractivity contribution is 9.10. The van der Waals surface area contributed by atoms with Crippen LogP contribution in [0.3, 0.4) is 0 Å². The van der Waals surface area contributed by atoms with Crippen LogP contribution in [0.2, 0.25) is 0 Å². The zero-order chi connectivity index (χ0) is 11.4. The summed E-state index contributed by atoms with van der Waals surface area (Å²) >= 11 is 3.00. The summed E-state index contributed by atoms with van der Waals surface area (Å²) < 4.78 is 18.0. The second kappa shape index (κ2) is 4.89. The first kappa shape index (κ1) is 11.7. The van der Waals surface area contributed by atoms with Crippen molar-refractivity contribution < 1.29 is 13.9 Å². The van der Waals surface area contributed by atoms with E-state index in [1.165, 1.54) is 6.07 Å². The number of nitriles is 1. The van der Waals surface area contributed by atoms with Gasteiger partial charge in [0.05, 0.1) is 16.6 Å². The summed E-state index contributed by atoms with van der Waals surface area (Å²) in [6.07, 6.45) is 0. The van der Waals surface area contributed by atoms with Crippen LogP contribution in [-0.2, 0) is 4.74 Å². The molecule has 0 saturated carbocycles. The first-order valence-corrected chi connectivity index (χ1v) is 4.96. The van der Waals surface area contributed by atoms with Crippen LogP contribution in [0.5, 0.6) is 0 Å². The Bertz CT molecular complexity index is 440. The van der Waals surface area contributed by atoms with Crippen LogP contribution >= 0.6 is 15.9 Å². The van der Waals surface area contributed by atoms with Gasteiger partial charge in [-0.2, -0.15) is 5.26 Å². The van der Waals surface area contributed by atoms with Crippen LogP contribution in [0.1, 0.15) is 22.8 Å². The van der Waals surface area contributed by atoms with Gasteiger partial charge >= 0.3 is 5.97 Å². The van der Waals surface area contributed by atoms with Crippen molar-refractivity contribution in [2.24, 2.45) is 0 Å². The van der Waals surface area contributed by atoms with E-state index in [0.29, 0.717) is 0 Å². The minimum atomic E-state index is -0.669. The Morgan fingerprint density at radius 3 is 2.87 bits per heavy atom. The van der Waals surface area contributed by atoms with Gasteiger partial charge in [0.15, 0.2) is 0 Å². The van der Waals surface area contributed by atoms with Gasteiger partial charge in [0, 0.05) is 0 Å². The predicted molar refractivity (Wildman–Crippen MR) is 54.8 cm³/mol. The number of hydrogen-bond acceptors (Lipinski definition) is 3. The topological polar surface area (TPSA) is 50.1 Å². The third-order valence-electron chi connectivity index (χ3n) is 1.70. The molecule has 0 fully saturated rings. The molecule has 0 atom stereocenters. The first-order chi connectivity index (χ1) is 7.11. The van der Waals surface area contributed by atoms with Gasteiger partial charge < -0.3 is 4.74 Å². The van der Waals surface area contributed by atoms with E-state index in [0.717, 1.165) is 6.07 Å². The zero-order valence-corrected chi connectivity index (χ0v) is 9.47. The molecule has 0 bridgehead atoms. The normalized spacial score (nSPS) is 9.47. The predicted octanol–water partition coefficient (Wildman–Crippen LogP) is 2.64. The molecular formula is C10H7BrFNO2. The number of ether oxygens (including phenoxy) is 1. The lowest BCUT2D eigenvalue weighted by Crippen LogP contribution is -2.07. The second-order valence-corrected chi connectivity index (χ2v) is 3.41. The van der Waals surface area contributed by atoms with Crippen LogP contribution in [-0.4, -0.2) is 12.6 Å². The molecule has 0 aliphatic rings. The molecule has 0 amide bonds. The lowest BCUT2D eigenvalue weighted by atomic mass is 10.1. The number of carbonyl (C=O) groups is 1. The largest absolute Gasteiger partial charge is 0.462 e. The average molecular weight is 272 g/mol. The SMILES string of the molecule is CCOC(=O)c1ccc(F)c(C#N)c1Br. The fourth-order valence-electron chi connectivity index (χ4n) is 1.02. The third-order valence-corrected chi connectivity index (χ3v) is 2.52. The minimum Gasteiger partial charge on any atom is -0.462 e. The lowest BCUT2D eigenvalue weighted by Gasteiger charge is -2.05. The Balaban J connectivity index is 3.23. The number of rotatable bonds is 2. The molecule has 0 spiro atoms. The Labute approximate surface area is 94.6 Å². The van der Waals surface area contributed by atoms with E-state index < -0.39 is 11.8 Å². The summed E-state index contributed by atoms with van der Waals surface area (Å²) in [5.41, 5.74) is -0.0460. The molecule has 1 aromatic carbocycles. The van der Waals surface area contributed by atoms with Crippen LogP contribution in [0.15, 0.2) is 16.6 Å². The van der Waals surface area contributed by atoms with E-state index in [4.69, 9.17) is 10.00 Å². The van der Waals surface area contributed by atoms with Crippen molar-refractivity contribution in [3.63, 3.8) is 0 Å². The Morgan fingerprint density at radius 1 is 1.67 bits per heavy atom. The molecule has 3 nitrogen and oxygen atoms in total. The van der Waals surface area contributed by atoms with Crippen molar-refractivity contribution in [1.82, 2.24) is 0 Å². The molecule has 15 heavy (non-hydrogen) atoms. The fraction of sp³-hybridized carbons (Fsp3) is 0.200. The summed E-state index contributed by atoms with van der Waals surface area (Å²) in [7, 11) is 0. The Morgan fingerprint density at radius 2 is 2.33 bits per heavy atom. The minimum absolute atomic E-state index is 0.128. The molecule has 0 aromatic heterocycles.